The van der Waals surface area contributed by atoms with Crippen LogP contribution in [0.5, 0.6) is 0 Å². The van der Waals surface area contributed by atoms with Crippen LogP contribution in [0.25, 0.3) is 99.1 Å². The maximum Gasteiger partial charge on any atom is 0.0542 e. The lowest BCUT2D eigenvalue weighted by atomic mass is 9.96. The molecule has 222 valence electrons. The van der Waals surface area contributed by atoms with Gasteiger partial charge in [0.1, 0.15) is 0 Å². The predicted molar refractivity (Wildman–Crippen MR) is 202 cm³/mol. The molecule has 0 saturated heterocycles. The van der Waals surface area contributed by atoms with Gasteiger partial charge in [-0.3, -0.25) is 0 Å². The van der Waals surface area contributed by atoms with Gasteiger partial charge in [0.15, 0.2) is 0 Å². The number of para-hydroxylation sites is 3. The van der Waals surface area contributed by atoms with Crippen LogP contribution in [0.4, 0.5) is 0 Å². The molecule has 2 nitrogen and oxygen atoms in total. The van der Waals surface area contributed by atoms with Crippen LogP contribution in [-0.4, -0.2) is 9.13 Å². The molecule has 0 spiro atoms. The van der Waals surface area contributed by atoms with E-state index in [1.807, 2.05) is 0 Å². The molecular weight excluding hydrogens is 581 g/mol. The molecule has 1 aliphatic rings. The molecule has 0 saturated carbocycles. The van der Waals surface area contributed by atoms with Gasteiger partial charge >= 0.3 is 0 Å². The highest BCUT2D eigenvalue weighted by Crippen LogP contribution is 2.48. The lowest BCUT2D eigenvalue weighted by Crippen LogP contribution is -1.96. The second-order valence-corrected chi connectivity index (χ2v) is 12.9. The highest BCUT2D eigenvalue weighted by molar-refractivity contribution is 6.17. The Bertz CT molecular complexity index is 2880. The molecule has 2 aromatic heterocycles. The number of rotatable bonds is 3. The van der Waals surface area contributed by atoms with Gasteiger partial charge in [-0.1, -0.05) is 109 Å². The van der Waals surface area contributed by atoms with Crippen molar-refractivity contribution in [3.8, 4) is 44.8 Å². The summed E-state index contributed by atoms with van der Waals surface area (Å²) in [6.45, 7) is 0. The van der Waals surface area contributed by atoms with Gasteiger partial charge in [-0.05, 0) is 105 Å². The summed E-state index contributed by atoms with van der Waals surface area (Å²) in [7, 11) is 0. The Morgan fingerprint density at radius 1 is 0.292 bits per heavy atom. The van der Waals surface area contributed by atoms with Crippen molar-refractivity contribution in [2.75, 3.05) is 0 Å². The van der Waals surface area contributed by atoms with Crippen LogP contribution in [0.1, 0.15) is 0 Å². The number of fused-ring (bicyclic) bond motifs is 9. The summed E-state index contributed by atoms with van der Waals surface area (Å²) in [5.41, 5.74) is 15.0. The van der Waals surface area contributed by atoms with Crippen LogP contribution in [0.2, 0.25) is 0 Å². The van der Waals surface area contributed by atoms with Crippen molar-refractivity contribution in [1.82, 2.24) is 9.13 Å². The second-order valence-electron chi connectivity index (χ2n) is 12.9. The van der Waals surface area contributed by atoms with E-state index < -0.39 is 0 Å². The Labute approximate surface area is 277 Å². The molecule has 0 aliphatic heterocycles. The third-order valence-corrected chi connectivity index (χ3v) is 10.4. The number of benzene rings is 8. The monoisotopic (exact) mass is 608 g/mol. The fraction of sp³-hybridized carbons (Fsp3) is 0. The summed E-state index contributed by atoms with van der Waals surface area (Å²) in [5, 5.41) is 7.72. The normalized spacial score (nSPS) is 12.2. The first-order chi connectivity index (χ1) is 23.8. The SMILES string of the molecule is c1ccc2c(c1)-c1cccc3cc(-c4ccc(-n5c6ccccc6c6cc(-n7c8ccccc8c8ccccc87)ccc65)cc4)cc-2c13. The number of aromatic nitrogens is 2. The molecule has 0 radical (unpaired) electrons. The second kappa shape index (κ2) is 9.57. The topological polar surface area (TPSA) is 9.86 Å². The zero-order chi connectivity index (χ0) is 31.3. The van der Waals surface area contributed by atoms with Crippen molar-refractivity contribution in [2.24, 2.45) is 0 Å². The number of hydrogen-bond donors (Lipinski definition) is 0. The van der Waals surface area contributed by atoms with Crippen molar-refractivity contribution >= 4 is 54.4 Å². The molecule has 48 heavy (non-hydrogen) atoms. The Kier molecular flexibility index (Phi) is 5.14. The van der Waals surface area contributed by atoms with E-state index >= 15 is 0 Å². The summed E-state index contributed by atoms with van der Waals surface area (Å²) in [6.07, 6.45) is 0. The lowest BCUT2D eigenvalue weighted by molar-refractivity contribution is 1.17. The lowest BCUT2D eigenvalue weighted by Gasteiger charge is -2.12. The molecule has 0 N–H and O–H groups in total. The van der Waals surface area contributed by atoms with Crippen LogP contribution < -0.4 is 0 Å². The molecule has 0 bridgehead atoms. The Balaban J connectivity index is 1.06. The predicted octanol–water partition coefficient (Wildman–Crippen LogP) is 12.3. The maximum absolute atomic E-state index is 2.41. The van der Waals surface area contributed by atoms with E-state index in [1.54, 1.807) is 0 Å². The molecule has 1 aliphatic carbocycles. The first-order valence-electron chi connectivity index (χ1n) is 16.6. The van der Waals surface area contributed by atoms with E-state index in [0.29, 0.717) is 0 Å². The van der Waals surface area contributed by atoms with Gasteiger partial charge < -0.3 is 9.13 Å². The maximum atomic E-state index is 2.41. The van der Waals surface area contributed by atoms with Crippen LogP contribution in [0.3, 0.4) is 0 Å². The van der Waals surface area contributed by atoms with Gasteiger partial charge in [0.25, 0.3) is 0 Å². The van der Waals surface area contributed by atoms with Gasteiger partial charge in [0.05, 0.1) is 22.1 Å². The highest BCUT2D eigenvalue weighted by atomic mass is 15.0. The average molecular weight is 609 g/mol. The molecule has 2 heteroatoms. The van der Waals surface area contributed by atoms with Crippen molar-refractivity contribution in [1.29, 1.82) is 0 Å². The third kappa shape index (κ3) is 3.46. The Hall–Kier alpha value is -6.38. The summed E-state index contributed by atoms with van der Waals surface area (Å²) in [6, 6.07) is 62.5. The molecule has 10 aromatic rings. The van der Waals surface area contributed by atoms with E-state index in [0.717, 1.165) is 5.69 Å². The number of nitrogens with zero attached hydrogens (tertiary/aromatic N) is 2. The molecule has 2 heterocycles. The van der Waals surface area contributed by atoms with Crippen LogP contribution in [-0.2, 0) is 0 Å². The van der Waals surface area contributed by atoms with Gasteiger partial charge in [-0.25, -0.2) is 0 Å². The van der Waals surface area contributed by atoms with Gasteiger partial charge in [0.2, 0.25) is 0 Å². The molecule has 11 rings (SSSR count). The summed E-state index contributed by atoms with van der Waals surface area (Å²) < 4.78 is 4.81. The summed E-state index contributed by atoms with van der Waals surface area (Å²) in [5.74, 6) is 0. The Morgan fingerprint density at radius 2 is 0.812 bits per heavy atom. The molecule has 8 aromatic carbocycles. The first-order valence-corrected chi connectivity index (χ1v) is 16.6. The van der Waals surface area contributed by atoms with Crippen LogP contribution >= 0.6 is 0 Å². The fourth-order valence-electron chi connectivity index (χ4n) is 8.37. The van der Waals surface area contributed by atoms with Gasteiger partial charge in [-0.2, -0.15) is 0 Å². The quantitative estimate of drug-likeness (QED) is 0.189. The summed E-state index contributed by atoms with van der Waals surface area (Å²) >= 11 is 0. The van der Waals surface area contributed by atoms with E-state index in [-0.39, 0.29) is 0 Å². The van der Waals surface area contributed by atoms with Crippen molar-refractivity contribution in [3.63, 3.8) is 0 Å². The highest BCUT2D eigenvalue weighted by Gasteiger charge is 2.22. The van der Waals surface area contributed by atoms with Gasteiger partial charge in [0, 0.05) is 32.9 Å². The van der Waals surface area contributed by atoms with E-state index in [1.165, 1.54) is 93.5 Å². The van der Waals surface area contributed by atoms with Crippen molar-refractivity contribution in [3.05, 3.63) is 170 Å². The minimum Gasteiger partial charge on any atom is -0.309 e. The molecule has 0 unspecified atom stereocenters. The largest absolute Gasteiger partial charge is 0.309 e. The van der Waals surface area contributed by atoms with Crippen LogP contribution in [0, 0.1) is 0 Å². The Morgan fingerprint density at radius 3 is 1.50 bits per heavy atom. The molecule has 0 amide bonds. The third-order valence-electron chi connectivity index (χ3n) is 10.4. The van der Waals surface area contributed by atoms with E-state index in [2.05, 4.69) is 179 Å². The number of hydrogen-bond acceptors (Lipinski definition) is 0. The first kappa shape index (κ1) is 25.8. The molecule has 0 fully saturated rings. The standard InChI is InChI=1S/C46H28N2/c1-2-12-35-34(11-1)39-16-9-10-30-26-31(27-41(35)46(30)39)29-20-22-32(23-21-29)47-44-19-8-5-15-38(44)40-28-33(24-25-45(40)47)48-42-17-6-3-13-36(42)37-14-4-7-18-43(37)48/h1-28H. The van der Waals surface area contributed by atoms with E-state index in [9.17, 15) is 0 Å². The average Bonchev–Trinajstić information content (AvgIpc) is 3.78. The minimum absolute atomic E-state index is 1.16. The minimum atomic E-state index is 1.16. The smallest absolute Gasteiger partial charge is 0.0542 e. The molecular formula is C46H28N2. The summed E-state index contributed by atoms with van der Waals surface area (Å²) in [4.78, 5) is 0. The van der Waals surface area contributed by atoms with E-state index in [4.69, 9.17) is 0 Å². The zero-order valence-electron chi connectivity index (χ0n) is 26.1. The van der Waals surface area contributed by atoms with Crippen LogP contribution in [0.15, 0.2) is 170 Å². The van der Waals surface area contributed by atoms with Crippen molar-refractivity contribution in [2.45, 2.75) is 0 Å². The fourth-order valence-corrected chi connectivity index (χ4v) is 8.37. The van der Waals surface area contributed by atoms with Crippen molar-refractivity contribution < 1.29 is 0 Å². The van der Waals surface area contributed by atoms with Gasteiger partial charge in [-0.15, -0.1) is 0 Å². The zero-order valence-corrected chi connectivity index (χ0v) is 26.1. The molecule has 0 atom stereocenters.